The number of aromatic nitrogens is 6. The molecular weight excluding hydrogens is 354 g/mol. The van der Waals surface area contributed by atoms with Crippen molar-refractivity contribution in [2.24, 2.45) is 0 Å². The molecule has 10 heteroatoms. The van der Waals surface area contributed by atoms with Gasteiger partial charge < -0.3 is 5.32 Å². The highest BCUT2D eigenvalue weighted by molar-refractivity contribution is 8.00. The molecule has 0 atom stereocenters. The highest BCUT2D eigenvalue weighted by Gasteiger charge is 2.10. The molecule has 0 bridgehead atoms. The zero-order valence-corrected chi connectivity index (χ0v) is 14.7. The lowest BCUT2D eigenvalue weighted by molar-refractivity contribution is 0.564. The monoisotopic (exact) mass is 367 g/mol. The lowest BCUT2D eigenvalue weighted by Gasteiger charge is -2.01. The Morgan fingerprint density at radius 1 is 1.30 bits per heavy atom. The first kappa shape index (κ1) is 16.2. The maximum absolute atomic E-state index is 5.97. The summed E-state index contributed by atoms with van der Waals surface area (Å²) in [5.41, 5.74) is 0.886. The standard InChI is InChI=1S/C13H14ClN7S2/c1-2-6-21-11(16-19-20-21)8-22-13-18-17-12(23-13)15-10-5-3-4-9(14)7-10/h3-5,7H,2,6,8H2,1H3,(H,15,17). The van der Waals surface area contributed by atoms with Crippen LogP contribution in [0, 0.1) is 0 Å². The number of hydrogen-bond acceptors (Lipinski definition) is 8. The van der Waals surface area contributed by atoms with Crippen LogP contribution in [0.15, 0.2) is 28.6 Å². The van der Waals surface area contributed by atoms with Gasteiger partial charge >= 0.3 is 0 Å². The lowest BCUT2D eigenvalue weighted by Crippen LogP contribution is -2.04. The summed E-state index contributed by atoms with van der Waals surface area (Å²) >= 11 is 9.02. The van der Waals surface area contributed by atoms with Crippen LogP contribution in [0.4, 0.5) is 10.8 Å². The lowest BCUT2D eigenvalue weighted by atomic mass is 10.3. The topological polar surface area (TPSA) is 81.4 Å². The smallest absolute Gasteiger partial charge is 0.210 e. The van der Waals surface area contributed by atoms with Gasteiger partial charge in [0.15, 0.2) is 10.2 Å². The zero-order chi connectivity index (χ0) is 16.1. The third-order valence-corrected chi connectivity index (χ3v) is 5.05. The van der Waals surface area contributed by atoms with Gasteiger partial charge in [-0.3, -0.25) is 0 Å². The number of nitrogens with zero attached hydrogens (tertiary/aromatic N) is 6. The second kappa shape index (κ2) is 7.71. The second-order valence-corrected chi connectivity index (χ2v) is 7.25. The van der Waals surface area contributed by atoms with Crippen molar-refractivity contribution in [1.82, 2.24) is 30.4 Å². The third-order valence-electron chi connectivity index (χ3n) is 2.85. The van der Waals surface area contributed by atoms with Gasteiger partial charge in [-0.05, 0) is 35.0 Å². The zero-order valence-electron chi connectivity index (χ0n) is 12.3. The van der Waals surface area contributed by atoms with E-state index in [1.807, 2.05) is 28.9 Å². The van der Waals surface area contributed by atoms with E-state index in [9.17, 15) is 0 Å². The number of aryl methyl sites for hydroxylation is 1. The minimum atomic E-state index is 0.665. The molecule has 0 fully saturated rings. The van der Waals surface area contributed by atoms with Crippen LogP contribution in [-0.2, 0) is 12.3 Å². The van der Waals surface area contributed by atoms with Gasteiger partial charge in [0, 0.05) is 17.3 Å². The van der Waals surface area contributed by atoms with E-state index in [1.165, 1.54) is 11.3 Å². The number of halogens is 1. The van der Waals surface area contributed by atoms with E-state index in [2.05, 4.69) is 38.0 Å². The fourth-order valence-corrected chi connectivity index (χ4v) is 3.74. The molecule has 3 rings (SSSR count). The van der Waals surface area contributed by atoms with Crippen molar-refractivity contribution in [3.05, 3.63) is 35.1 Å². The Kier molecular flexibility index (Phi) is 5.42. The molecule has 3 aromatic rings. The van der Waals surface area contributed by atoms with Crippen molar-refractivity contribution in [3.8, 4) is 0 Å². The molecule has 7 nitrogen and oxygen atoms in total. The first-order chi connectivity index (χ1) is 11.2. The number of tetrazole rings is 1. The highest BCUT2D eigenvalue weighted by Crippen LogP contribution is 2.29. The predicted molar refractivity (Wildman–Crippen MR) is 92.3 cm³/mol. The van der Waals surface area contributed by atoms with Crippen LogP contribution in [0.25, 0.3) is 0 Å². The summed E-state index contributed by atoms with van der Waals surface area (Å²) in [7, 11) is 0. The second-order valence-electron chi connectivity index (χ2n) is 4.62. The van der Waals surface area contributed by atoms with Gasteiger partial charge in [0.25, 0.3) is 0 Å². The molecular formula is C13H14ClN7S2. The van der Waals surface area contributed by atoms with E-state index < -0.39 is 0 Å². The molecule has 2 heterocycles. The van der Waals surface area contributed by atoms with Crippen molar-refractivity contribution in [2.45, 2.75) is 30.0 Å². The summed E-state index contributed by atoms with van der Waals surface area (Å²) in [5.74, 6) is 1.51. The molecule has 0 saturated carbocycles. The van der Waals surface area contributed by atoms with E-state index in [0.717, 1.165) is 33.9 Å². The number of nitrogens with one attached hydrogen (secondary N) is 1. The molecule has 1 N–H and O–H groups in total. The summed E-state index contributed by atoms with van der Waals surface area (Å²) in [6.07, 6.45) is 0.995. The molecule has 120 valence electrons. The Morgan fingerprint density at radius 3 is 3.04 bits per heavy atom. The van der Waals surface area contributed by atoms with Crippen LogP contribution in [-0.4, -0.2) is 30.4 Å². The van der Waals surface area contributed by atoms with E-state index in [0.29, 0.717) is 10.8 Å². The predicted octanol–water partition coefficient (Wildman–Crippen LogP) is 3.62. The highest BCUT2D eigenvalue weighted by atomic mass is 35.5. The SMILES string of the molecule is CCCn1nnnc1CSc1nnc(Nc2cccc(Cl)c2)s1. The number of rotatable bonds is 7. The van der Waals surface area contributed by atoms with Crippen molar-refractivity contribution in [2.75, 3.05) is 5.32 Å². The molecule has 0 aliphatic carbocycles. The molecule has 0 saturated heterocycles. The number of thioether (sulfide) groups is 1. The molecule has 0 aliphatic rings. The van der Waals surface area contributed by atoms with Gasteiger partial charge in [0.2, 0.25) is 5.13 Å². The van der Waals surface area contributed by atoms with Crippen molar-refractivity contribution in [3.63, 3.8) is 0 Å². The summed E-state index contributed by atoms with van der Waals surface area (Å²) in [6, 6.07) is 7.48. The van der Waals surface area contributed by atoms with Gasteiger partial charge in [-0.15, -0.1) is 15.3 Å². The maximum Gasteiger partial charge on any atom is 0.210 e. The Hall–Kier alpha value is -1.71. The Morgan fingerprint density at radius 2 is 2.22 bits per heavy atom. The minimum Gasteiger partial charge on any atom is -0.330 e. The maximum atomic E-state index is 5.97. The van der Waals surface area contributed by atoms with Crippen LogP contribution in [0.3, 0.4) is 0 Å². The largest absolute Gasteiger partial charge is 0.330 e. The Bertz CT molecular complexity index is 773. The van der Waals surface area contributed by atoms with E-state index >= 15 is 0 Å². The van der Waals surface area contributed by atoms with E-state index in [-0.39, 0.29) is 0 Å². The van der Waals surface area contributed by atoms with Gasteiger partial charge in [0.1, 0.15) is 0 Å². The van der Waals surface area contributed by atoms with Crippen LogP contribution in [0.1, 0.15) is 19.2 Å². The fourth-order valence-electron chi connectivity index (χ4n) is 1.85. The molecule has 0 amide bonds. The summed E-state index contributed by atoms with van der Waals surface area (Å²) in [5, 5.41) is 24.6. The average Bonchev–Trinajstić information content (AvgIpc) is 3.15. The first-order valence-corrected chi connectivity index (χ1v) is 9.16. The average molecular weight is 368 g/mol. The summed E-state index contributed by atoms with van der Waals surface area (Å²) in [6.45, 7) is 2.91. The Balaban J connectivity index is 1.60. The number of anilines is 2. The molecule has 0 spiro atoms. The Labute approximate surface area is 146 Å². The fraction of sp³-hybridized carbons (Fsp3) is 0.308. The summed E-state index contributed by atoms with van der Waals surface area (Å²) in [4.78, 5) is 0. The van der Waals surface area contributed by atoms with Gasteiger partial charge in [0.05, 0.1) is 5.75 Å². The van der Waals surface area contributed by atoms with Gasteiger partial charge in [-0.1, -0.05) is 47.7 Å². The quantitative estimate of drug-likeness (QED) is 0.638. The number of hydrogen-bond donors (Lipinski definition) is 1. The van der Waals surface area contributed by atoms with Crippen LogP contribution in [0.2, 0.25) is 5.02 Å². The van der Waals surface area contributed by atoms with Gasteiger partial charge in [-0.25, -0.2) is 4.68 Å². The van der Waals surface area contributed by atoms with Crippen LogP contribution in [0.5, 0.6) is 0 Å². The van der Waals surface area contributed by atoms with E-state index in [4.69, 9.17) is 11.6 Å². The summed E-state index contributed by atoms with van der Waals surface area (Å²) < 4.78 is 2.68. The van der Waals surface area contributed by atoms with Crippen molar-refractivity contribution in [1.29, 1.82) is 0 Å². The van der Waals surface area contributed by atoms with E-state index in [1.54, 1.807) is 11.8 Å². The first-order valence-electron chi connectivity index (χ1n) is 6.98. The molecule has 0 unspecified atom stereocenters. The normalized spacial score (nSPS) is 10.9. The molecule has 1 aromatic carbocycles. The molecule has 0 aliphatic heterocycles. The van der Waals surface area contributed by atoms with Crippen molar-refractivity contribution >= 4 is 45.5 Å². The van der Waals surface area contributed by atoms with Crippen LogP contribution < -0.4 is 5.32 Å². The van der Waals surface area contributed by atoms with Crippen molar-refractivity contribution < 1.29 is 0 Å². The minimum absolute atomic E-state index is 0.665. The van der Waals surface area contributed by atoms with Crippen LogP contribution >= 0.6 is 34.7 Å². The van der Waals surface area contributed by atoms with Gasteiger partial charge in [-0.2, -0.15) is 0 Å². The molecule has 2 aromatic heterocycles. The molecule has 23 heavy (non-hydrogen) atoms. The number of benzene rings is 1. The third kappa shape index (κ3) is 4.40. The molecule has 0 radical (unpaired) electrons.